The van der Waals surface area contributed by atoms with Crippen molar-refractivity contribution in [1.29, 1.82) is 0 Å². The van der Waals surface area contributed by atoms with Crippen molar-refractivity contribution in [2.75, 3.05) is 6.54 Å². The topological polar surface area (TPSA) is 71.8 Å². The monoisotopic (exact) mass is 339 g/mol. The third-order valence-electron chi connectivity index (χ3n) is 5.53. The third-order valence-corrected chi connectivity index (χ3v) is 5.53. The van der Waals surface area contributed by atoms with E-state index in [-0.39, 0.29) is 17.5 Å². The third kappa shape index (κ3) is 3.01. The van der Waals surface area contributed by atoms with Crippen LogP contribution in [-0.2, 0) is 18.4 Å². The summed E-state index contributed by atoms with van der Waals surface area (Å²) in [7, 11) is 0. The molecular formula is C19H25N5O. The Labute approximate surface area is 148 Å². The molecule has 132 valence electrons. The summed E-state index contributed by atoms with van der Waals surface area (Å²) >= 11 is 0. The molecule has 0 bridgehead atoms. The van der Waals surface area contributed by atoms with Gasteiger partial charge in [-0.25, -0.2) is 4.79 Å². The van der Waals surface area contributed by atoms with Crippen LogP contribution in [0.2, 0.25) is 0 Å². The Morgan fingerprint density at radius 2 is 2.12 bits per heavy atom. The summed E-state index contributed by atoms with van der Waals surface area (Å²) in [6, 6.07) is 8.19. The highest BCUT2D eigenvalue weighted by molar-refractivity contribution is 5.74. The van der Waals surface area contributed by atoms with Gasteiger partial charge in [0.25, 0.3) is 0 Å². The highest BCUT2D eigenvalue weighted by Gasteiger charge is 2.45. The van der Waals surface area contributed by atoms with Gasteiger partial charge in [0, 0.05) is 24.9 Å². The molecule has 2 N–H and O–H groups in total. The fraction of sp³-hybridized carbons (Fsp3) is 0.526. The van der Waals surface area contributed by atoms with Crippen molar-refractivity contribution in [3.05, 3.63) is 47.0 Å². The van der Waals surface area contributed by atoms with Gasteiger partial charge in [-0.2, -0.15) is 0 Å². The van der Waals surface area contributed by atoms with Gasteiger partial charge in [0.1, 0.15) is 5.82 Å². The maximum Gasteiger partial charge on any atom is 0.315 e. The van der Waals surface area contributed by atoms with Crippen LogP contribution < -0.4 is 10.6 Å². The lowest BCUT2D eigenvalue weighted by Gasteiger charge is -2.20. The van der Waals surface area contributed by atoms with E-state index in [1.54, 1.807) is 0 Å². The van der Waals surface area contributed by atoms with Crippen molar-refractivity contribution in [2.24, 2.45) is 0 Å². The van der Waals surface area contributed by atoms with Crippen molar-refractivity contribution in [1.82, 2.24) is 25.4 Å². The van der Waals surface area contributed by atoms with Crippen molar-refractivity contribution in [2.45, 2.75) is 57.5 Å². The van der Waals surface area contributed by atoms with Gasteiger partial charge >= 0.3 is 6.03 Å². The lowest BCUT2D eigenvalue weighted by molar-refractivity contribution is 0.236. The number of benzene rings is 1. The molecular weight excluding hydrogens is 314 g/mol. The molecule has 4 rings (SSSR count). The molecule has 1 saturated carbocycles. The number of fused-ring (bicyclic) bond motifs is 1. The van der Waals surface area contributed by atoms with E-state index in [9.17, 15) is 4.79 Å². The molecule has 2 aromatic rings. The number of nitrogens with zero attached hydrogens (tertiary/aromatic N) is 3. The van der Waals surface area contributed by atoms with Crippen LogP contribution >= 0.6 is 0 Å². The van der Waals surface area contributed by atoms with Gasteiger partial charge in [-0.1, -0.05) is 24.3 Å². The fourth-order valence-electron chi connectivity index (χ4n) is 3.92. The molecule has 1 unspecified atom stereocenters. The van der Waals surface area contributed by atoms with Crippen LogP contribution in [-0.4, -0.2) is 27.3 Å². The fourth-order valence-corrected chi connectivity index (χ4v) is 3.92. The molecule has 6 nitrogen and oxygen atoms in total. The van der Waals surface area contributed by atoms with Crippen LogP contribution in [0.3, 0.4) is 0 Å². The first kappa shape index (κ1) is 16.1. The van der Waals surface area contributed by atoms with Gasteiger partial charge in [0.2, 0.25) is 0 Å². The predicted molar refractivity (Wildman–Crippen MR) is 95.4 cm³/mol. The van der Waals surface area contributed by atoms with E-state index in [4.69, 9.17) is 0 Å². The molecule has 2 aliphatic rings. The number of urea groups is 1. The summed E-state index contributed by atoms with van der Waals surface area (Å²) in [5.41, 5.74) is 2.77. The number of aryl methyl sites for hydroxylation is 2. The second kappa shape index (κ2) is 6.17. The van der Waals surface area contributed by atoms with Crippen LogP contribution in [0, 0.1) is 6.92 Å². The Morgan fingerprint density at radius 3 is 2.88 bits per heavy atom. The Hall–Kier alpha value is -2.37. The number of aromatic nitrogens is 3. The molecule has 25 heavy (non-hydrogen) atoms. The van der Waals surface area contributed by atoms with E-state index in [1.807, 2.05) is 6.92 Å². The van der Waals surface area contributed by atoms with Crippen molar-refractivity contribution < 1.29 is 4.79 Å². The zero-order chi connectivity index (χ0) is 17.4. The number of carbonyl (C=O) groups excluding carboxylic acids is 1. The van der Waals surface area contributed by atoms with E-state index in [0.717, 1.165) is 43.9 Å². The molecule has 1 atom stereocenters. The highest BCUT2D eigenvalue weighted by atomic mass is 16.2. The van der Waals surface area contributed by atoms with Gasteiger partial charge in [0.15, 0.2) is 5.82 Å². The van der Waals surface area contributed by atoms with Gasteiger partial charge in [-0.05, 0) is 44.2 Å². The Morgan fingerprint density at radius 1 is 1.32 bits per heavy atom. The average Bonchev–Trinajstić information content (AvgIpc) is 3.04. The van der Waals surface area contributed by atoms with Crippen LogP contribution in [0.1, 0.15) is 55.0 Å². The second-order valence-electron chi connectivity index (χ2n) is 7.37. The zero-order valence-electron chi connectivity index (χ0n) is 14.9. The molecule has 2 heterocycles. The number of carbonyl (C=O) groups is 1. The standard InChI is InChI=1S/C19H25N5O/c1-13-6-3-4-7-15(13)19(9-10-19)12-20-18(25)21-14(2)17-23-22-16-8-5-11-24(16)17/h3-4,6-7,14H,5,8-12H2,1-2H3,(H2,20,21,25). The lowest BCUT2D eigenvalue weighted by atomic mass is 9.92. The van der Waals surface area contributed by atoms with Crippen LogP contribution in [0.15, 0.2) is 24.3 Å². The summed E-state index contributed by atoms with van der Waals surface area (Å²) < 4.78 is 2.13. The van der Waals surface area contributed by atoms with Gasteiger partial charge in [-0.3, -0.25) is 0 Å². The predicted octanol–water partition coefficient (Wildman–Crippen LogP) is 2.62. The van der Waals surface area contributed by atoms with E-state index >= 15 is 0 Å². The van der Waals surface area contributed by atoms with E-state index in [2.05, 4.69) is 56.6 Å². The number of hydrogen-bond acceptors (Lipinski definition) is 3. The maximum absolute atomic E-state index is 12.4. The first-order chi connectivity index (χ1) is 12.1. The van der Waals surface area contributed by atoms with E-state index < -0.39 is 0 Å². The van der Waals surface area contributed by atoms with E-state index in [1.165, 1.54) is 11.1 Å². The molecule has 1 fully saturated rings. The van der Waals surface area contributed by atoms with Gasteiger partial charge in [0.05, 0.1) is 6.04 Å². The Kier molecular flexibility index (Phi) is 3.98. The van der Waals surface area contributed by atoms with Crippen molar-refractivity contribution in [3.63, 3.8) is 0 Å². The Bertz CT molecular complexity index is 793. The molecule has 6 heteroatoms. The maximum atomic E-state index is 12.4. The first-order valence-electron chi connectivity index (χ1n) is 9.11. The smallest absolute Gasteiger partial charge is 0.315 e. The van der Waals surface area contributed by atoms with Crippen LogP contribution in [0.25, 0.3) is 0 Å². The van der Waals surface area contributed by atoms with Crippen LogP contribution in [0.4, 0.5) is 4.79 Å². The normalized spacial score (nSPS) is 18.5. The van der Waals surface area contributed by atoms with Gasteiger partial charge in [-0.15, -0.1) is 10.2 Å². The molecule has 0 radical (unpaired) electrons. The average molecular weight is 339 g/mol. The summed E-state index contributed by atoms with van der Waals surface area (Å²) in [6.07, 6.45) is 4.34. The number of amides is 2. The lowest BCUT2D eigenvalue weighted by Crippen LogP contribution is -2.41. The number of hydrogen-bond donors (Lipinski definition) is 2. The largest absolute Gasteiger partial charge is 0.337 e. The minimum Gasteiger partial charge on any atom is -0.337 e. The quantitative estimate of drug-likeness (QED) is 0.879. The van der Waals surface area contributed by atoms with E-state index in [0.29, 0.717) is 6.54 Å². The summed E-state index contributed by atoms with van der Waals surface area (Å²) in [6.45, 7) is 5.73. The minimum atomic E-state index is -0.145. The summed E-state index contributed by atoms with van der Waals surface area (Å²) in [5, 5.41) is 14.5. The SMILES string of the molecule is Cc1ccccc1C1(CNC(=O)NC(C)c2nnc3n2CCC3)CC1. The van der Waals surface area contributed by atoms with Crippen LogP contribution in [0.5, 0.6) is 0 Å². The minimum absolute atomic E-state index is 0.113. The molecule has 0 spiro atoms. The molecule has 0 saturated heterocycles. The van der Waals surface area contributed by atoms with Gasteiger partial charge < -0.3 is 15.2 Å². The number of rotatable bonds is 5. The van der Waals surface area contributed by atoms with Crippen molar-refractivity contribution >= 4 is 6.03 Å². The first-order valence-corrected chi connectivity index (χ1v) is 9.11. The summed E-state index contributed by atoms with van der Waals surface area (Å²) in [4.78, 5) is 12.4. The molecule has 1 aliphatic carbocycles. The molecule has 1 aromatic heterocycles. The molecule has 1 aromatic carbocycles. The zero-order valence-corrected chi connectivity index (χ0v) is 14.9. The highest BCUT2D eigenvalue weighted by Crippen LogP contribution is 2.48. The van der Waals surface area contributed by atoms with Crippen molar-refractivity contribution in [3.8, 4) is 0 Å². The molecule has 1 aliphatic heterocycles. The Balaban J connectivity index is 1.36. The second-order valence-corrected chi connectivity index (χ2v) is 7.37. The molecule has 2 amide bonds. The summed E-state index contributed by atoms with van der Waals surface area (Å²) in [5.74, 6) is 1.88. The number of nitrogens with one attached hydrogen (secondary N) is 2.